The van der Waals surface area contributed by atoms with Gasteiger partial charge in [0.05, 0.1) is 17.3 Å². The van der Waals surface area contributed by atoms with E-state index in [1.54, 1.807) is 0 Å². The molecule has 21 heavy (non-hydrogen) atoms. The van der Waals surface area contributed by atoms with Gasteiger partial charge < -0.3 is 10.2 Å². The van der Waals surface area contributed by atoms with Crippen molar-refractivity contribution in [3.8, 4) is 0 Å². The number of piperazine rings is 1. The van der Waals surface area contributed by atoms with E-state index in [-0.39, 0.29) is 0 Å². The van der Waals surface area contributed by atoms with Crippen molar-refractivity contribution in [3.05, 3.63) is 28.8 Å². The molecule has 1 heterocycles. The number of alkyl halides is 3. The summed E-state index contributed by atoms with van der Waals surface area (Å²) in [5.41, 5.74) is 1.98. The van der Waals surface area contributed by atoms with Gasteiger partial charge in [-0.3, -0.25) is 4.90 Å². The van der Waals surface area contributed by atoms with Crippen LogP contribution in [0.4, 0.5) is 18.9 Å². The second-order valence-electron chi connectivity index (χ2n) is 5.19. The van der Waals surface area contributed by atoms with Crippen LogP contribution in [0.3, 0.4) is 0 Å². The molecule has 3 nitrogen and oxygen atoms in total. The fraction of sp³-hybridized carbons (Fsp3) is 0.571. The third-order valence-corrected chi connectivity index (χ3v) is 3.81. The molecule has 0 radical (unpaired) electrons. The number of nitrogens with zero attached hydrogens (tertiary/aromatic N) is 2. The number of hydrogen-bond donors (Lipinski definition) is 1. The highest BCUT2D eigenvalue weighted by Gasteiger charge is 2.32. The third-order valence-electron chi connectivity index (χ3n) is 3.51. The van der Waals surface area contributed by atoms with E-state index >= 15 is 0 Å². The summed E-state index contributed by atoms with van der Waals surface area (Å²) < 4.78 is 37.1. The van der Waals surface area contributed by atoms with Gasteiger partial charge in [-0.25, -0.2) is 0 Å². The fourth-order valence-electron chi connectivity index (χ4n) is 2.52. The van der Waals surface area contributed by atoms with Crippen LogP contribution in [0.15, 0.2) is 18.2 Å². The van der Waals surface area contributed by atoms with Gasteiger partial charge in [-0.2, -0.15) is 13.2 Å². The summed E-state index contributed by atoms with van der Waals surface area (Å²) in [6.45, 7) is 1.81. The fourth-order valence-corrected chi connectivity index (χ4v) is 2.84. The van der Waals surface area contributed by atoms with Crippen LogP contribution >= 0.6 is 11.6 Å². The van der Waals surface area contributed by atoms with Crippen LogP contribution in [0.1, 0.15) is 5.56 Å². The maximum Gasteiger partial charge on any atom is 0.401 e. The zero-order valence-corrected chi connectivity index (χ0v) is 12.6. The predicted octanol–water partition coefficient (Wildman–Crippen LogP) is 2.74. The average Bonchev–Trinajstić information content (AvgIpc) is 2.39. The van der Waals surface area contributed by atoms with E-state index < -0.39 is 12.7 Å². The number of hydrogen-bond acceptors (Lipinski definition) is 3. The summed E-state index contributed by atoms with van der Waals surface area (Å²) in [4.78, 5) is 3.47. The van der Waals surface area contributed by atoms with Crippen molar-refractivity contribution in [1.29, 1.82) is 0 Å². The van der Waals surface area contributed by atoms with Gasteiger partial charge in [0.1, 0.15) is 0 Å². The van der Waals surface area contributed by atoms with E-state index in [1.165, 1.54) is 4.90 Å². The molecule has 0 saturated carbocycles. The summed E-state index contributed by atoms with van der Waals surface area (Å²) in [5.74, 6) is 0. The highest BCUT2D eigenvalue weighted by molar-refractivity contribution is 6.33. The van der Waals surface area contributed by atoms with E-state index in [9.17, 15) is 13.2 Å². The number of rotatable bonds is 4. The zero-order chi connectivity index (χ0) is 15.5. The van der Waals surface area contributed by atoms with E-state index in [1.807, 2.05) is 30.1 Å². The lowest BCUT2D eigenvalue weighted by molar-refractivity contribution is -0.146. The molecule has 2 rings (SSSR count). The molecule has 1 saturated heterocycles. The van der Waals surface area contributed by atoms with Crippen molar-refractivity contribution >= 4 is 17.3 Å². The lowest BCUT2D eigenvalue weighted by atomic mass is 10.1. The number of benzene rings is 1. The Kier molecular flexibility index (Phi) is 5.35. The SMILES string of the molecule is CNCc1ccc(N2CCN(CC(F)(F)F)CC2)c(Cl)c1. The first-order valence-corrected chi connectivity index (χ1v) is 7.24. The van der Waals surface area contributed by atoms with E-state index in [2.05, 4.69) is 5.32 Å². The lowest BCUT2D eigenvalue weighted by Crippen LogP contribution is -2.49. The lowest BCUT2D eigenvalue weighted by Gasteiger charge is -2.36. The number of halogens is 4. The number of anilines is 1. The van der Waals surface area contributed by atoms with Gasteiger partial charge in [0, 0.05) is 32.7 Å². The molecule has 1 aromatic carbocycles. The highest BCUT2D eigenvalue weighted by Crippen LogP contribution is 2.28. The van der Waals surface area contributed by atoms with Crippen LogP contribution in [0, 0.1) is 0 Å². The van der Waals surface area contributed by atoms with Gasteiger partial charge in [-0.1, -0.05) is 17.7 Å². The first-order chi connectivity index (χ1) is 9.89. The number of nitrogens with one attached hydrogen (secondary N) is 1. The highest BCUT2D eigenvalue weighted by atomic mass is 35.5. The van der Waals surface area contributed by atoms with E-state index in [0.717, 1.165) is 17.8 Å². The van der Waals surface area contributed by atoms with Crippen molar-refractivity contribution in [2.75, 3.05) is 44.7 Å². The van der Waals surface area contributed by atoms with Crippen LogP contribution in [-0.2, 0) is 6.54 Å². The third kappa shape index (κ3) is 4.76. The molecule has 0 spiro atoms. The minimum Gasteiger partial charge on any atom is -0.368 e. The normalized spacial score (nSPS) is 17.3. The molecule has 0 bridgehead atoms. The molecule has 1 aliphatic rings. The minimum atomic E-state index is -4.13. The Morgan fingerprint density at radius 3 is 2.38 bits per heavy atom. The Morgan fingerprint density at radius 1 is 1.19 bits per heavy atom. The second kappa shape index (κ2) is 6.85. The molecule has 0 aromatic heterocycles. The Bertz CT molecular complexity index is 471. The van der Waals surface area contributed by atoms with Crippen LogP contribution in [0.25, 0.3) is 0 Å². The standard InChI is InChI=1S/C14H19ClF3N3/c1-19-9-11-2-3-13(12(15)8-11)21-6-4-20(5-7-21)10-14(16,17)18/h2-3,8,19H,4-7,9-10H2,1H3. The van der Waals surface area contributed by atoms with Crippen molar-refractivity contribution < 1.29 is 13.2 Å². The van der Waals surface area contributed by atoms with Crippen LogP contribution in [0.5, 0.6) is 0 Å². The minimum absolute atomic E-state index is 0.397. The van der Waals surface area contributed by atoms with Crippen molar-refractivity contribution in [1.82, 2.24) is 10.2 Å². The van der Waals surface area contributed by atoms with Gasteiger partial charge in [-0.05, 0) is 24.7 Å². The van der Waals surface area contributed by atoms with E-state index in [0.29, 0.717) is 31.2 Å². The quantitative estimate of drug-likeness (QED) is 0.920. The predicted molar refractivity (Wildman–Crippen MR) is 78.9 cm³/mol. The van der Waals surface area contributed by atoms with Crippen molar-refractivity contribution in [2.24, 2.45) is 0 Å². The van der Waals surface area contributed by atoms with Gasteiger partial charge in [0.25, 0.3) is 0 Å². The first-order valence-electron chi connectivity index (χ1n) is 6.86. The second-order valence-corrected chi connectivity index (χ2v) is 5.60. The molecule has 0 unspecified atom stereocenters. The molecule has 1 N–H and O–H groups in total. The molecular weight excluding hydrogens is 303 g/mol. The Morgan fingerprint density at radius 2 is 1.86 bits per heavy atom. The Labute approximate surface area is 127 Å². The molecule has 1 aliphatic heterocycles. The van der Waals surface area contributed by atoms with Gasteiger partial charge in [0.2, 0.25) is 0 Å². The summed E-state index contributed by atoms with van der Waals surface area (Å²) in [7, 11) is 1.86. The van der Waals surface area contributed by atoms with Crippen LogP contribution < -0.4 is 10.2 Å². The van der Waals surface area contributed by atoms with Crippen LogP contribution in [0.2, 0.25) is 5.02 Å². The maximum atomic E-state index is 12.4. The van der Waals surface area contributed by atoms with Gasteiger partial charge in [-0.15, -0.1) is 0 Å². The first kappa shape index (κ1) is 16.4. The molecule has 7 heteroatoms. The molecule has 1 aromatic rings. The van der Waals surface area contributed by atoms with Gasteiger partial charge in [0.15, 0.2) is 0 Å². The monoisotopic (exact) mass is 321 g/mol. The Balaban J connectivity index is 1.96. The van der Waals surface area contributed by atoms with Gasteiger partial charge >= 0.3 is 6.18 Å². The summed E-state index contributed by atoms with van der Waals surface area (Å²) >= 11 is 6.28. The molecular formula is C14H19ClF3N3. The maximum absolute atomic E-state index is 12.4. The molecule has 1 fully saturated rings. The van der Waals surface area contributed by atoms with Crippen molar-refractivity contribution in [3.63, 3.8) is 0 Å². The van der Waals surface area contributed by atoms with Crippen LogP contribution in [-0.4, -0.2) is 50.8 Å². The molecule has 0 amide bonds. The van der Waals surface area contributed by atoms with E-state index in [4.69, 9.17) is 11.6 Å². The topological polar surface area (TPSA) is 18.5 Å². The summed E-state index contributed by atoms with van der Waals surface area (Å²) in [5, 5.41) is 3.70. The summed E-state index contributed by atoms with van der Waals surface area (Å²) in [6, 6.07) is 5.82. The average molecular weight is 322 g/mol. The molecule has 118 valence electrons. The largest absolute Gasteiger partial charge is 0.401 e. The zero-order valence-electron chi connectivity index (χ0n) is 11.9. The smallest absolute Gasteiger partial charge is 0.368 e. The molecule has 0 atom stereocenters. The van der Waals surface area contributed by atoms with Crippen molar-refractivity contribution in [2.45, 2.75) is 12.7 Å². The summed E-state index contributed by atoms with van der Waals surface area (Å²) in [6.07, 6.45) is -4.13. The molecule has 0 aliphatic carbocycles. The Hall–Kier alpha value is -0.980.